The second-order valence-electron chi connectivity index (χ2n) is 4.80. The maximum Gasteiger partial charge on any atom is 0.124 e. The lowest BCUT2D eigenvalue weighted by Gasteiger charge is -2.02. The van der Waals surface area contributed by atoms with Gasteiger partial charge in [0.1, 0.15) is 10.00 Å². The number of benzene rings is 1. The van der Waals surface area contributed by atoms with E-state index in [0.29, 0.717) is 10.9 Å². The number of aromatic nitrogens is 1. The first-order valence-corrected chi connectivity index (χ1v) is 7.65. The van der Waals surface area contributed by atoms with Crippen LogP contribution in [0.25, 0.3) is 10.6 Å². The predicted octanol–water partition coefficient (Wildman–Crippen LogP) is 4.13. The number of hydrogen-bond acceptors (Lipinski definition) is 3. The van der Waals surface area contributed by atoms with Crippen molar-refractivity contribution < 1.29 is 0 Å². The fourth-order valence-electron chi connectivity index (χ4n) is 1.91. The van der Waals surface area contributed by atoms with E-state index >= 15 is 0 Å². The molecular formula is C15H18N2S2. The van der Waals surface area contributed by atoms with E-state index in [2.05, 4.69) is 45.0 Å². The Balaban J connectivity index is 2.44. The molecule has 1 heterocycles. The molecule has 0 atom stereocenters. The first-order chi connectivity index (χ1) is 9.02. The Bertz CT molecular complexity index is 583. The van der Waals surface area contributed by atoms with Crippen LogP contribution in [0.2, 0.25) is 0 Å². The number of nitrogens with two attached hydrogens (primary N) is 1. The zero-order valence-electron chi connectivity index (χ0n) is 11.4. The van der Waals surface area contributed by atoms with Crippen LogP contribution in [0, 0.1) is 0 Å². The van der Waals surface area contributed by atoms with Crippen LogP contribution in [-0.4, -0.2) is 9.97 Å². The van der Waals surface area contributed by atoms with Crippen molar-refractivity contribution in [2.45, 2.75) is 33.1 Å². The lowest BCUT2D eigenvalue weighted by Crippen LogP contribution is -2.10. The molecule has 2 nitrogen and oxygen atoms in total. The van der Waals surface area contributed by atoms with E-state index in [9.17, 15) is 0 Å². The van der Waals surface area contributed by atoms with Gasteiger partial charge in [-0.2, -0.15) is 0 Å². The van der Waals surface area contributed by atoms with Gasteiger partial charge >= 0.3 is 0 Å². The maximum atomic E-state index is 5.79. The van der Waals surface area contributed by atoms with Gasteiger partial charge in [-0.3, -0.25) is 0 Å². The third kappa shape index (κ3) is 3.01. The van der Waals surface area contributed by atoms with Gasteiger partial charge < -0.3 is 5.73 Å². The number of aryl methyl sites for hydroxylation is 1. The summed E-state index contributed by atoms with van der Waals surface area (Å²) in [6, 6.07) is 8.52. The summed E-state index contributed by atoms with van der Waals surface area (Å²) in [5.41, 5.74) is 9.26. The molecule has 0 aliphatic heterocycles. The van der Waals surface area contributed by atoms with Gasteiger partial charge in [0.05, 0.1) is 10.6 Å². The maximum absolute atomic E-state index is 5.79. The number of hydrogen-bond donors (Lipinski definition) is 1. The Morgan fingerprint density at radius 1 is 1.32 bits per heavy atom. The van der Waals surface area contributed by atoms with Gasteiger partial charge in [-0.05, 0) is 17.9 Å². The van der Waals surface area contributed by atoms with Crippen molar-refractivity contribution >= 4 is 28.5 Å². The van der Waals surface area contributed by atoms with Gasteiger partial charge in [0.2, 0.25) is 0 Å². The molecule has 1 aromatic carbocycles. The van der Waals surface area contributed by atoms with E-state index < -0.39 is 0 Å². The average molecular weight is 290 g/mol. The van der Waals surface area contributed by atoms with Crippen molar-refractivity contribution in [2.75, 3.05) is 0 Å². The van der Waals surface area contributed by atoms with Crippen LogP contribution in [0.4, 0.5) is 0 Å². The smallest absolute Gasteiger partial charge is 0.124 e. The average Bonchev–Trinajstić information content (AvgIpc) is 2.84. The summed E-state index contributed by atoms with van der Waals surface area (Å²) in [5, 5.41) is 0.995. The van der Waals surface area contributed by atoms with Crippen LogP contribution in [0.5, 0.6) is 0 Å². The molecule has 19 heavy (non-hydrogen) atoms. The lowest BCUT2D eigenvalue weighted by atomic mass is 10.1. The summed E-state index contributed by atoms with van der Waals surface area (Å²) in [6.45, 7) is 6.38. The summed E-state index contributed by atoms with van der Waals surface area (Å²) >= 11 is 6.70. The molecule has 0 fully saturated rings. The van der Waals surface area contributed by atoms with Crippen LogP contribution >= 0.6 is 23.6 Å². The van der Waals surface area contributed by atoms with Crippen molar-refractivity contribution in [3.8, 4) is 10.6 Å². The fraction of sp³-hybridized carbons (Fsp3) is 0.333. The topological polar surface area (TPSA) is 38.9 Å². The number of nitrogens with zero attached hydrogens (tertiary/aromatic N) is 1. The molecule has 0 aliphatic carbocycles. The Morgan fingerprint density at radius 3 is 2.37 bits per heavy atom. The molecule has 0 spiro atoms. The van der Waals surface area contributed by atoms with E-state index in [1.807, 2.05) is 0 Å². The molecule has 0 aliphatic rings. The highest BCUT2D eigenvalue weighted by atomic mass is 32.1. The second-order valence-corrected chi connectivity index (χ2v) is 6.24. The highest BCUT2D eigenvalue weighted by Crippen LogP contribution is 2.31. The van der Waals surface area contributed by atoms with Crippen molar-refractivity contribution in [2.24, 2.45) is 5.73 Å². The van der Waals surface area contributed by atoms with Crippen LogP contribution in [0.3, 0.4) is 0 Å². The monoisotopic (exact) mass is 290 g/mol. The van der Waals surface area contributed by atoms with Crippen molar-refractivity contribution in [1.29, 1.82) is 0 Å². The Kier molecular flexibility index (Phi) is 4.32. The normalized spacial score (nSPS) is 10.9. The summed E-state index contributed by atoms with van der Waals surface area (Å²) in [5.74, 6) is 0.330. The van der Waals surface area contributed by atoms with Gasteiger partial charge in [0.25, 0.3) is 0 Å². The van der Waals surface area contributed by atoms with Gasteiger partial charge in [0, 0.05) is 5.56 Å². The summed E-state index contributed by atoms with van der Waals surface area (Å²) in [4.78, 5) is 6.09. The van der Waals surface area contributed by atoms with E-state index in [1.54, 1.807) is 11.3 Å². The molecular weight excluding hydrogens is 272 g/mol. The minimum Gasteiger partial charge on any atom is -0.389 e. The van der Waals surface area contributed by atoms with Crippen LogP contribution < -0.4 is 5.73 Å². The molecule has 0 unspecified atom stereocenters. The summed E-state index contributed by atoms with van der Waals surface area (Å²) < 4.78 is 0. The SMILES string of the molecule is CCc1ccc(-c2nc(C(C)C)c(C(N)=S)s2)cc1. The minimum atomic E-state index is 0.330. The quantitative estimate of drug-likeness (QED) is 0.861. The highest BCUT2D eigenvalue weighted by Gasteiger charge is 2.16. The Hall–Kier alpha value is -1.26. The molecule has 2 aromatic rings. The van der Waals surface area contributed by atoms with Crippen LogP contribution in [-0.2, 0) is 6.42 Å². The molecule has 0 saturated carbocycles. The first kappa shape index (κ1) is 14.2. The number of thiazole rings is 1. The van der Waals surface area contributed by atoms with Crippen molar-refractivity contribution in [3.05, 3.63) is 40.4 Å². The van der Waals surface area contributed by atoms with E-state index in [4.69, 9.17) is 22.9 Å². The molecule has 0 bridgehead atoms. The van der Waals surface area contributed by atoms with Gasteiger partial charge in [-0.1, -0.05) is 57.3 Å². The van der Waals surface area contributed by atoms with Crippen LogP contribution in [0.1, 0.15) is 42.8 Å². The minimum absolute atomic E-state index is 0.330. The van der Waals surface area contributed by atoms with Gasteiger partial charge in [-0.15, -0.1) is 11.3 Å². The summed E-state index contributed by atoms with van der Waals surface area (Å²) in [7, 11) is 0. The van der Waals surface area contributed by atoms with Crippen molar-refractivity contribution in [3.63, 3.8) is 0 Å². The highest BCUT2D eigenvalue weighted by molar-refractivity contribution is 7.81. The van der Waals surface area contributed by atoms with E-state index in [-0.39, 0.29) is 0 Å². The Labute approximate surface area is 123 Å². The molecule has 0 amide bonds. The van der Waals surface area contributed by atoms with E-state index in [1.165, 1.54) is 5.56 Å². The molecule has 4 heteroatoms. The van der Waals surface area contributed by atoms with Gasteiger partial charge in [-0.25, -0.2) is 4.98 Å². The standard InChI is InChI=1S/C15H18N2S2/c1-4-10-5-7-11(8-6-10)15-17-12(9(2)3)13(19-15)14(16)18/h5-9H,4H2,1-3H3,(H2,16,18). The molecule has 0 radical (unpaired) electrons. The molecule has 1 aromatic heterocycles. The molecule has 100 valence electrons. The molecule has 2 rings (SSSR count). The van der Waals surface area contributed by atoms with Gasteiger partial charge in [0.15, 0.2) is 0 Å². The fourth-order valence-corrected chi connectivity index (χ4v) is 3.21. The second kappa shape index (κ2) is 5.80. The zero-order valence-corrected chi connectivity index (χ0v) is 13.1. The lowest BCUT2D eigenvalue weighted by molar-refractivity contribution is 0.832. The molecule has 2 N–H and O–H groups in total. The summed E-state index contributed by atoms with van der Waals surface area (Å²) in [6.07, 6.45) is 1.05. The number of rotatable bonds is 4. The van der Waals surface area contributed by atoms with E-state index in [0.717, 1.165) is 27.6 Å². The largest absolute Gasteiger partial charge is 0.389 e. The number of thiocarbonyl (C=S) groups is 1. The predicted molar refractivity (Wildman–Crippen MR) is 86.9 cm³/mol. The van der Waals surface area contributed by atoms with Crippen LogP contribution in [0.15, 0.2) is 24.3 Å². The Morgan fingerprint density at radius 2 is 1.95 bits per heavy atom. The molecule has 0 saturated heterocycles. The third-order valence-electron chi connectivity index (χ3n) is 3.03. The van der Waals surface area contributed by atoms with Crippen molar-refractivity contribution in [1.82, 2.24) is 4.98 Å². The first-order valence-electron chi connectivity index (χ1n) is 6.42. The third-order valence-corrected chi connectivity index (χ3v) is 4.52. The zero-order chi connectivity index (χ0) is 14.0.